The number of rotatable bonds is 6. The molecule has 0 aliphatic carbocycles. The second kappa shape index (κ2) is 8.08. The minimum absolute atomic E-state index is 0. The average molecular weight is 320 g/mol. The smallest absolute Gasteiger partial charge is 0.187 e. The molecule has 0 N–H and O–H groups in total. The fourth-order valence-electron chi connectivity index (χ4n) is 2.58. The molecule has 0 unspecified atom stereocenters. The first-order valence-corrected chi connectivity index (χ1v) is 6.95. The lowest BCUT2D eigenvalue weighted by Gasteiger charge is -2.33. The normalized spacial score (nSPS) is 11.1. The third-order valence-electron chi connectivity index (χ3n) is 3.52. The van der Waals surface area contributed by atoms with Gasteiger partial charge < -0.3 is 9.64 Å². The Bertz CT molecular complexity index is 545. The molecule has 0 saturated heterocycles. The molecule has 0 aromatic heterocycles. The zero-order valence-corrected chi connectivity index (χ0v) is 14.0. The fourth-order valence-corrected chi connectivity index (χ4v) is 2.58. The highest BCUT2D eigenvalue weighted by atomic mass is 35.5. The molecule has 0 atom stereocenters. The lowest BCUT2D eigenvalue weighted by Crippen LogP contribution is -2.43. The molecule has 4 heteroatoms. The fraction of sp³-hybridized carbons (Fsp3) is 0.278. The zero-order valence-electron chi connectivity index (χ0n) is 13.2. The number of hydrogen-bond donors (Lipinski definition) is 0. The Morgan fingerprint density at radius 3 is 1.68 bits per heavy atom. The summed E-state index contributed by atoms with van der Waals surface area (Å²) in [6, 6.07) is 19.3. The molecular weight excluding hydrogens is 298 g/mol. The molecule has 2 aromatic rings. The average Bonchev–Trinajstić information content (AvgIpc) is 2.50. The second-order valence-corrected chi connectivity index (χ2v) is 5.28. The molecule has 2 rings (SSSR count). The van der Waals surface area contributed by atoms with Crippen LogP contribution in [-0.2, 0) is 15.1 Å². The van der Waals surface area contributed by atoms with Gasteiger partial charge >= 0.3 is 0 Å². The number of carbonyl (C=O) groups is 1. The number of hydrogen-bond acceptors (Lipinski definition) is 3. The minimum atomic E-state index is -1.06. The van der Waals surface area contributed by atoms with Crippen molar-refractivity contribution in [2.24, 2.45) is 0 Å². The summed E-state index contributed by atoms with van der Waals surface area (Å²) in [6.07, 6.45) is 0. The predicted octanol–water partition coefficient (Wildman–Crippen LogP) is 3.13. The van der Waals surface area contributed by atoms with Crippen LogP contribution in [-0.4, -0.2) is 38.4 Å². The molecule has 2 aromatic carbocycles. The first-order valence-electron chi connectivity index (χ1n) is 6.95. The summed E-state index contributed by atoms with van der Waals surface area (Å²) in [4.78, 5) is 14.8. The molecule has 22 heavy (non-hydrogen) atoms. The van der Waals surface area contributed by atoms with Gasteiger partial charge in [0, 0.05) is 7.11 Å². The molecule has 0 radical (unpaired) electrons. The molecule has 0 aliphatic rings. The summed E-state index contributed by atoms with van der Waals surface area (Å²) in [5.74, 6) is 0.0207. The Hall–Kier alpha value is -1.68. The number of methoxy groups -OCH3 is 1. The van der Waals surface area contributed by atoms with E-state index in [1.807, 2.05) is 79.7 Å². The summed E-state index contributed by atoms with van der Waals surface area (Å²) in [6.45, 7) is 0.317. The highest BCUT2D eigenvalue weighted by Crippen LogP contribution is 2.34. The largest absolute Gasteiger partial charge is 0.361 e. The van der Waals surface area contributed by atoms with Gasteiger partial charge in [0.25, 0.3) is 0 Å². The van der Waals surface area contributed by atoms with Crippen LogP contribution in [0.1, 0.15) is 11.1 Å². The lowest BCUT2D eigenvalue weighted by molar-refractivity contribution is -0.138. The Kier molecular flexibility index (Phi) is 6.75. The third-order valence-corrected chi connectivity index (χ3v) is 3.52. The Morgan fingerprint density at radius 1 is 0.955 bits per heavy atom. The van der Waals surface area contributed by atoms with Crippen molar-refractivity contribution in [3.63, 3.8) is 0 Å². The van der Waals surface area contributed by atoms with Crippen LogP contribution in [0, 0.1) is 0 Å². The maximum atomic E-state index is 12.9. The van der Waals surface area contributed by atoms with Gasteiger partial charge in [-0.3, -0.25) is 4.79 Å². The molecule has 0 bridgehead atoms. The standard InChI is InChI=1S/C18H21NO2.ClH/c1-19(2)14-17(20)18(21-3,15-10-6-4-7-11-15)16-12-8-5-9-13-16;/h4-13H,14H2,1-3H3;1H. The third kappa shape index (κ3) is 3.55. The molecule has 0 fully saturated rings. The topological polar surface area (TPSA) is 29.5 Å². The summed E-state index contributed by atoms with van der Waals surface area (Å²) in [5.41, 5.74) is 0.642. The van der Waals surface area contributed by atoms with E-state index in [2.05, 4.69) is 0 Å². The Morgan fingerprint density at radius 2 is 1.36 bits per heavy atom. The van der Waals surface area contributed by atoms with Crippen LogP contribution in [0.5, 0.6) is 0 Å². The van der Waals surface area contributed by atoms with Crippen molar-refractivity contribution in [2.75, 3.05) is 27.7 Å². The van der Waals surface area contributed by atoms with Crippen molar-refractivity contribution >= 4 is 18.2 Å². The van der Waals surface area contributed by atoms with Crippen LogP contribution in [0.2, 0.25) is 0 Å². The van der Waals surface area contributed by atoms with E-state index < -0.39 is 5.60 Å². The van der Waals surface area contributed by atoms with Crippen LogP contribution in [0.25, 0.3) is 0 Å². The van der Waals surface area contributed by atoms with Gasteiger partial charge in [0.2, 0.25) is 0 Å². The molecule has 118 valence electrons. The SMILES string of the molecule is COC(C(=O)CN(C)C)(c1ccccc1)c1ccccc1.Cl. The molecule has 0 spiro atoms. The van der Waals surface area contributed by atoms with Gasteiger partial charge in [0.05, 0.1) is 6.54 Å². The Balaban J connectivity index is 0.00000242. The van der Waals surface area contributed by atoms with Gasteiger partial charge in [-0.1, -0.05) is 60.7 Å². The van der Waals surface area contributed by atoms with Crippen molar-refractivity contribution in [1.82, 2.24) is 4.90 Å². The molecule has 0 aliphatic heterocycles. The number of carbonyl (C=O) groups excluding carboxylic acids is 1. The number of likely N-dealkylation sites (N-methyl/N-ethyl adjacent to an activating group) is 1. The number of halogens is 1. The number of ketones is 1. The molecule has 3 nitrogen and oxygen atoms in total. The highest BCUT2D eigenvalue weighted by molar-refractivity contribution is 5.93. The van der Waals surface area contributed by atoms with E-state index in [1.54, 1.807) is 7.11 Å². The van der Waals surface area contributed by atoms with Crippen molar-refractivity contribution < 1.29 is 9.53 Å². The molecular formula is C18H22ClNO2. The first kappa shape index (κ1) is 18.4. The number of ether oxygens (including phenoxy) is 1. The van der Waals surface area contributed by atoms with Crippen molar-refractivity contribution in [3.05, 3.63) is 71.8 Å². The second-order valence-electron chi connectivity index (χ2n) is 5.28. The first-order chi connectivity index (χ1) is 10.1. The van der Waals surface area contributed by atoms with Gasteiger partial charge in [0.1, 0.15) is 0 Å². The zero-order chi connectivity index (χ0) is 15.3. The minimum Gasteiger partial charge on any atom is -0.361 e. The number of benzene rings is 2. The van der Waals surface area contributed by atoms with Gasteiger partial charge in [-0.2, -0.15) is 0 Å². The van der Waals surface area contributed by atoms with Crippen molar-refractivity contribution in [2.45, 2.75) is 5.60 Å². The lowest BCUT2D eigenvalue weighted by atomic mass is 9.82. The summed E-state index contributed by atoms with van der Waals surface area (Å²) in [5, 5.41) is 0. The van der Waals surface area contributed by atoms with E-state index in [0.717, 1.165) is 11.1 Å². The van der Waals surface area contributed by atoms with Crippen LogP contribution >= 0.6 is 12.4 Å². The number of nitrogens with zero attached hydrogens (tertiary/aromatic N) is 1. The van der Waals surface area contributed by atoms with Crippen LogP contribution in [0.4, 0.5) is 0 Å². The quantitative estimate of drug-likeness (QED) is 0.819. The summed E-state index contributed by atoms with van der Waals surface area (Å²) in [7, 11) is 5.36. The van der Waals surface area contributed by atoms with Gasteiger partial charge in [-0.25, -0.2) is 0 Å². The van der Waals surface area contributed by atoms with Crippen LogP contribution in [0.15, 0.2) is 60.7 Å². The molecule has 0 saturated carbocycles. The maximum absolute atomic E-state index is 12.9. The van der Waals surface area contributed by atoms with E-state index in [1.165, 1.54) is 0 Å². The maximum Gasteiger partial charge on any atom is 0.187 e. The summed E-state index contributed by atoms with van der Waals surface area (Å²) >= 11 is 0. The highest BCUT2D eigenvalue weighted by Gasteiger charge is 2.41. The van der Waals surface area contributed by atoms with Crippen molar-refractivity contribution in [1.29, 1.82) is 0 Å². The monoisotopic (exact) mass is 319 g/mol. The van der Waals surface area contributed by atoms with Crippen LogP contribution < -0.4 is 0 Å². The van der Waals surface area contributed by atoms with E-state index in [0.29, 0.717) is 6.54 Å². The van der Waals surface area contributed by atoms with E-state index in [4.69, 9.17) is 4.74 Å². The van der Waals surface area contributed by atoms with E-state index in [-0.39, 0.29) is 18.2 Å². The van der Waals surface area contributed by atoms with Gasteiger partial charge in [-0.05, 0) is 25.2 Å². The van der Waals surface area contributed by atoms with Crippen LogP contribution in [0.3, 0.4) is 0 Å². The van der Waals surface area contributed by atoms with E-state index >= 15 is 0 Å². The van der Waals surface area contributed by atoms with Gasteiger partial charge in [-0.15, -0.1) is 12.4 Å². The van der Waals surface area contributed by atoms with E-state index in [9.17, 15) is 4.79 Å². The Labute approximate surface area is 138 Å². The predicted molar refractivity (Wildman–Crippen MR) is 91.5 cm³/mol. The van der Waals surface area contributed by atoms with Gasteiger partial charge in [0.15, 0.2) is 11.4 Å². The molecule has 0 heterocycles. The molecule has 0 amide bonds. The number of Topliss-reactive ketones (excluding diaryl/α,β-unsaturated/α-hetero) is 1. The van der Waals surface area contributed by atoms with Crippen molar-refractivity contribution in [3.8, 4) is 0 Å². The summed E-state index contributed by atoms with van der Waals surface area (Å²) < 4.78 is 5.80.